The fourth-order valence-electron chi connectivity index (χ4n) is 1.10. The molecule has 0 fully saturated rings. The Hall–Kier alpha value is -0.880. The highest BCUT2D eigenvalue weighted by Crippen LogP contribution is 2.51. The molecule has 27 heavy (non-hydrogen) atoms. The summed E-state index contributed by atoms with van der Waals surface area (Å²) >= 11 is 0. The SMILES string of the molecule is C#CCOP(=O)(OCCOP(=O)(OCC#C)OCOCCF)OCOCF. The number of phosphoric acid groups is 2. The van der Waals surface area contributed by atoms with E-state index in [1.165, 1.54) is 0 Å². The molecule has 0 amide bonds. The molecule has 0 aromatic heterocycles. The summed E-state index contributed by atoms with van der Waals surface area (Å²) in [5, 5.41) is 0. The fraction of sp³-hybridized carbons (Fsp3) is 0.692. The summed E-state index contributed by atoms with van der Waals surface area (Å²) < 4.78 is 85.7. The zero-order chi connectivity index (χ0) is 20.4. The molecule has 0 aromatic rings. The molecule has 0 saturated carbocycles. The van der Waals surface area contributed by atoms with Crippen LogP contribution in [-0.4, -0.2) is 60.2 Å². The van der Waals surface area contributed by atoms with Crippen molar-refractivity contribution in [1.29, 1.82) is 0 Å². The van der Waals surface area contributed by atoms with Gasteiger partial charge in [-0.15, -0.1) is 12.8 Å². The number of phosphoric ester groups is 2. The van der Waals surface area contributed by atoms with Crippen molar-refractivity contribution in [1.82, 2.24) is 0 Å². The summed E-state index contributed by atoms with van der Waals surface area (Å²) in [5.74, 6) is 4.10. The molecule has 0 aromatic carbocycles. The van der Waals surface area contributed by atoms with Crippen molar-refractivity contribution in [2.75, 3.05) is 60.2 Å². The second-order valence-electron chi connectivity index (χ2n) is 3.92. The minimum atomic E-state index is -4.18. The predicted octanol–water partition coefficient (Wildman–Crippen LogP) is 2.41. The highest BCUT2D eigenvalue weighted by atomic mass is 31.2. The van der Waals surface area contributed by atoms with E-state index in [2.05, 4.69) is 19.9 Å². The normalized spacial score (nSPS) is 15.4. The smallest absolute Gasteiger partial charge is 0.352 e. The Balaban J connectivity index is 4.50. The third kappa shape index (κ3) is 13.9. The van der Waals surface area contributed by atoms with Gasteiger partial charge in [-0.3, -0.25) is 27.1 Å². The molecule has 0 radical (unpaired) electrons. The van der Waals surface area contributed by atoms with Crippen molar-refractivity contribution in [2.24, 2.45) is 0 Å². The number of hydrogen-bond donors (Lipinski definition) is 0. The van der Waals surface area contributed by atoms with Crippen LogP contribution in [0.5, 0.6) is 0 Å². The summed E-state index contributed by atoms with van der Waals surface area (Å²) in [6, 6.07) is 0. The molecule has 10 nitrogen and oxygen atoms in total. The lowest BCUT2D eigenvalue weighted by Gasteiger charge is -2.19. The van der Waals surface area contributed by atoms with E-state index in [1.807, 2.05) is 5.92 Å². The predicted molar refractivity (Wildman–Crippen MR) is 87.6 cm³/mol. The third-order valence-corrected chi connectivity index (χ3v) is 4.81. The Morgan fingerprint density at radius 3 is 1.59 bits per heavy atom. The van der Waals surface area contributed by atoms with Crippen molar-refractivity contribution in [3.05, 3.63) is 0 Å². The Morgan fingerprint density at radius 2 is 1.19 bits per heavy atom. The van der Waals surface area contributed by atoms with Gasteiger partial charge in [0.15, 0.2) is 20.4 Å². The lowest BCUT2D eigenvalue weighted by molar-refractivity contribution is -0.0485. The molecular weight excluding hydrogens is 416 g/mol. The average molecular weight is 436 g/mol. The highest BCUT2D eigenvalue weighted by molar-refractivity contribution is 7.48. The fourth-order valence-corrected chi connectivity index (χ4v) is 3.02. The van der Waals surface area contributed by atoms with Crippen molar-refractivity contribution in [3.8, 4) is 24.7 Å². The van der Waals surface area contributed by atoms with Gasteiger partial charge in [0.25, 0.3) is 0 Å². The zero-order valence-corrected chi connectivity index (χ0v) is 16.0. The van der Waals surface area contributed by atoms with Crippen LogP contribution < -0.4 is 0 Å². The summed E-state index contributed by atoms with van der Waals surface area (Å²) in [6.07, 6.45) is 9.96. The Labute approximate surface area is 155 Å². The molecule has 0 N–H and O–H groups in total. The van der Waals surface area contributed by atoms with E-state index in [0.29, 0.717) is 0 Å². The van der Waals surface area contributed by atoms with E-state index in [0.717, 1.165) is 0 Å². The van der Waals surface area contributed by atoms with Gasteiger partial charge < -0.3 is 9.47 Å². The highest BCUT2D eigenvalue weighted by Gasteiger charge is 2.29. The quantitative estimate of drug-likeness (QED) is 0.138. The number of halogens is 2. The van der Waals surface area contributed by atoms with Gasteiger partial charge in [-0.2, -0.15) is 0 Å². The van der Waals surface area contributed by atoms with Crippen LogP contribution in [-0.2, 0) is 45.7 Å². The molecule has 0 saturated heterocycles. The number of alkyl halides is 2. The Kier molecular flexibility index (Phi) is 15.6. The Bertz CT molecular complexity index is 562. The maximum atomic E-state index is 12.2. The topological polar surface area (TPSA) is 108 Å². The number of terminal acetylenes is 2. The van der Waals surface area contributed by atoms with E-state index in [4.69, 9.17) is 35.5 Å². The standard InChI is InChI=1S/C13H20F2O10P2/c1-3-6-20-26(16,24-12-18-8-5-14)22-9-10-23-27(17,21-7-4-2)25-13-19-11-15/h1-2H,5-13H2. The molecular formula is C13H20F2O10P2. The Morgan fingerprint density at radius 1 is 0.704 bits per heavy atom. The largest absolute Gasteiger partial charge is 0.477 e. The first-order chi connectivity index (χ1) is 12.9. The number of hydrogen-bond acceptors (Lipinski definition) is 10. The second-order valence-corrected chi connectivity index (χ2v) is 7.26. The van der Waals surface area contributed by atoms with Crippen molar-refractivity contribution >= 4 is 15.6 Å². The van der Waals surface area contributed by atoms with Gasteiger partial charge >= 0.3 is 15.6 Å². The van der Waals surface area contributed by atoms with Crippen molar-refractivity contribution in [2.45, 2.75) is 0 Å². The summed E-state index contributed by atoms with van der Waals surface area (Å²) in [6.45, 7) is -5.33. The number of rotatable bonds is 18. The van der Waals surface area contributed by atoms with Crippen LogP contribution in [0, 0.1) is 24.7 Å². The molecule has 0 rings (SSSR count). The first-order valence-electron chi connectivity index (χ1n) is 7.17. The molecule has 0 spiro atoms. The van der Waals surface area contributed by atoms with Crippen molar-refractivity contribution in [3.63, 3.8) is 0 Å². The lowest BCUT2D eigenvalue weighted by Crippen LogP contribution is -2.10. The van der Waals surface area contributed by atoms with Crippen LogP contribution in [0.25, 0.3) is 0 Å². The maximum absolute atomic E-state index is 12.2. The van der Waals surface area contributed by atoms with Gasteiger partial charge in [0.05, 0.1) is 19.8 Å². The maximum Gasteiger partial charge on any atom is 0.477 e. The second kappa shape index (κ2) is 16.1. The summed E-state index contributed by atoms with van der Waals surface area (Å²) in [5.41, 5.74) is 0. The molecule has 156 valence electrons. The van der Waals surface area contributed by atoms with Gasteiger partial charge in [0.1, 0.15) is 19.9 Å². The van der Waals surface area contributed by atoms with Crippen LogP contribution in [0.4, 0.5) is 8.78 Å². The van der Waals surface area contributed by atoms with Crippen molar-refractivity contribution < 1.29 is 54.5 Å². The van der Waals surface area contributed by atoms with Crippen LogP contribution in [0.1, 0.15) is 0 Å². The van der Waals surface area contributed by atoms with Gasteiger partial charge in [-0.1, -0.05) is 11.8 Å². The molecule has 0 aliphatic heterocycles. The van der Waals surface area contributed by atoms with Gasteiger partial charge in [0, 0.05) is 0 Å². The van der Waals surface area contributed by atoms with Crippen LogP contribution in [0.3, 0.4) is 0 Å². The molecule has 0 bridgehead atoms. The van der Waals surface area contributed by atoms with Gasteiger partial charge in [-0.25, -0.2) is 17.9 Å². The van der Waals surface area contributed by atoms with E-state index < -0.39 is 69.2 Å². The molecule has 14 heteroatoms. The molecule has 2 unspecified atom stereocenters. The van der Waals surface area contributed by atoms with Gasteiger partial charge in [-0.05, 0) is 0 Å². The third-order valence-electron chi connectivity index (χ3n) is 2.08. The van der Waals surface area contributed by atoms with Crippen LogP contribution >= 0.6 is 15.6 Å². The molecule has 0 aliphatic carbocycles. The lowest BCUT2D eigenvalue weighted by atomic mass is 10.8. The van der Waals surface area contributed by atoms with Crippen LogP contribution in [0.15, 0.2) is 0 Å². The minimum absolute atomic E-state index is 0.285. The monoisotopic (exact) mass is 436 g/mol. The molecule has 0 aliphatic rings. The molecule has 0 heterocycles. The van der Waals surface area contributed by atoms with Gasteiger partial charge in [0.2, 0.25) is 0 Å². The zero-order valence-electron chi connectivity index (χ0n) is 14.3. The van der Waals surface area contributed by atoms with E-state index in [1.54, 1.807) is 0 Å². The summed E-state index contributed by atoms with van der Waals surface area (Å²) in [4.78, 5) is 0. The first-order valence-corrected chi connectivity index (χ1v) is 10.1. The number of ether oxygens (including phenoxy) is 2. The van der Waals surface area contributed by atoms with E-state index in [9.17, 15) is 17.9 Å². The first kappa shape index (κ1) is 26.1. The average Bonchev–Trinajstić information content (AvgIpc) is 2.66. The minimum Gasteiger partial charge on any atom is -0.352 e. The van der Waals surface area contributed by atoms with E-state index in [-0.39, 0.29) is 6.61 Å². The summed E-state index contributed by atoms with van der Waals surface area (Å²) in [7, 11) is -8.34. The van der Waals surface area contributed by atoms with Crippen LogP contribution in [0.2, 0.25) is 0 Å². The molecule has 2 atom stereocenters. The van der Waals surface area contributed by atoms with E-state index >= 15 is 0 Å².